The number of hydrogen-bond donors (Lipinski definition) is 1. The number of nitrogens with one attached hydrogen (secondary N) is 1. The van der Waals surface area contributed by atoms with E-state index in [1.54, 1.807) is 7.11 Å². The molecule has 1 atom stereocenters. The Labute approximate surface area is 120 Å². The summed E-state index contributed by atoms with van der Waals surface area (Å²) in [6.07, 6.45) is 4.79. The first-order valence-electron chi connectivity index (χ1n) is 7.14. The molecule has 1 aliphatic rings. The van der Waals surface area contributed by atoms with Crippen LogP contribution < -0.4 is 10.2 Å². The summed E-state index contributed by atoms with van der Waals surface area (Å²) in [7, 11) is 1.63. The first-order valence-corrected chi connectivity index (χ1v) is 7.14. The zero-order valence-electron chi connectivity index (χ0n) is 12.2. The summed E-state index contributed by atoms with van der Waals surface area (Å²) in [5, 5.41) is 4.26. The molecule has 1 aromatic carbocycles. The predicted molar refractivity (Wildman–Crippen MR) is 79.9 cm³/mol. The molecule has 1 amide bonds. The summed E-state index contributed by atoms with van der Waals surface area (Å²) < 4.78 is 5.09. The third kappa shape index (κ3) is 4.37. The van der Waals surface area contributed by atoms with E-state index >= 15 is 0 Å². The fourth-order valence-electron chi connectivity index (χ4n) is 2.47. The minimum atomic E-state index is -0.0686. The van der Waals surface area contributed by atoms with Crippen LogP contribution in [0, 0.1) is 5.92 Å². The van der Waals surface area contributed by atoms with Gasteiger partial charge in [0.25, 0.3) is 0 Å². The Morgan fingerprint density at radius 3 is 2.80 bits per heavy atom. The lowest BCUT2D eigenvalue weighted by atomic mass is 9.89. The van der Waals surface area contributed by atoms with Crippen molar-refractivity contribution in [3.63, 3.8) is 0 Å². The molecule has 108 valence electrons. The van der Waals surface area contributed by atoms with E-state index in [4.69, 9.17) is 4.74 Å². The Balaban J connectivity index is 1.84. The number of benzene rings is 1. The third-order valence-electron chi connectivity index (χ3n) is 3.61. The second kappa shape index (κ2) is 7.08. The summed E-state index contributed by atoms with van der Waals surface area (Å²) in [5.41, 5.74) is 4.74. The minimum absolute atomic E-state index is 0.0686. The molecule has 0 radical (unpaired) electrons. The van der Waals surface area contributed by atoms with Gasteiger partial charge in [0, 0.05) is 5.71 Å². The number of ether oxygens (including phenoxy) is 1. The van der Waals surface area contributed by atoms with Gasteiger partial charge >= 0.3 is 0 Å². The van der Waals surface area contributed by atoms with Crippen molar-refractivity contribution in [2.45, 2.75) is 39.0 Å². The van der Waals surface area contributed by atoms with E-state index in [9.17, 15) is 4.79 Å². The van der Waals surface area contributed by atoms with E-state index in [-0.39, 0.29) is 5.91 Å². The highest BCUT2D eigenvalue weighted by Crippen LogP contribution is 2.20. The van der Waals surface area contributed by atoms with Crippen LogP contribution in [-0.2, 0) is 11.2 Å². The molecule has 1 aliphatic carbocycles. The van der Waals surface area contributed by atoms with E-state index < -0.39 is 0 Å². The maximum absolute atomic E-state index is 11.8. The number of hydrogen-bond acceptors (Lipinski definition) is 3. The summed E-state index contributed by atoms with van der Waals surface area (Å²) >= 11 is 0. The minimum Gasteiger partial charge on any atom is -0.497 e. The molecule has 2 rings (SSSR count). The number of rotatable bonds is 4. The maximum Gasteiger partial charge on any atom is 0.244 e. The number of hydrazone groups is 1. The molecule has 1 fully saturated rings. The van der Waals surface area contributed by atoms with Crippen molar-refractivity contribution in [1.29, 1.82) is 0 Å². The van der Waals surface area contributed by atoms with Gasteiger partial charge in [0.15, 0.2) is 0 Å². The van der Waals surface area contributed by atoms with Gasteiger partial charge in [-0.1, -0.05) is 19.1 Å². The fourth-order valence-corrected chi connectivity index (χ4v) is 2.47. The van der Waals surface area contributed by atoms with Gasteiger partial charge in [0.2, 0.25) is 5.91 Å². The van der Waals surface area contributed by atoms with Gasteiger partial charge in [-0.05, 0) is 49.3 Å². The van der Waals surface area contributed by atoms with Crippen LogP contribution in [0.3, 0.4) is 0 Å². The standard InChI is InChI=1S/C16H22N2O2/c1-12-4-3-5-14(10-12)17-18-16(19)11-13-6-8-15(20-2)9-7-13/h6-9,12H,3-5,10-11H2,1-2H3,(H,18,19)/b17-14+/t12-/m1/s1. The molecular weight excluding hydrogens is 252 g/mol. The SMILES string of the molecule is COc1ccc(CC(=O)N/N=C2\CCC[C@@H](C)C2)cc1. The summed E-state index contributed by atoms with van der Waals surface area (Å²) in [6, 6.07) is 7.51. The number of amides is 1. The Morgan fingerprint density at radius 1 is 1.40 bits per heavy atom. The molecular formula is C16H22N2O2. The Morgan fingerprint density at radius 2 is 2.15 bits per heavy atom. The summed E-state index contributed by atoms with van der Waals surface area (Å²) in [6.45, 7) is 2.23. The van der Waals surface area contributed by atoms with Crippen molar-refractivity contribution < 1.29 is 9.53 Å². The zero-order chi connectivity index (χ0) is 14.4. The second-order valence-electron chi connectivity index (χ2n) is 5.44. The highest BCUT2D eigenvalue weighted by molar-refractivity contribution is 5.87. The van der Waals surface area contributed by atoms with Crippen LogP contribution in [0.4, 0.5) is 0 Å². The normalized spacial score (nSPS) is 20.7. The third-order valence-corrected chi connectivity index (χ3v) is 3.61. The van der Waals surface area contributed by atoms with Crippen molar-refractivity contribution >= 4 is 11.6 Å². The van der Waals surface area contributed by atoms with Crippen LogP contribution in [0.2, 0.25) is 0 Å². The molecule has 0 heterocycles. The molecule has 1 saturated carbocycles. The maximum atomic E-state index is 11.8. The van der Waals surface area contributed by atoms with Gasteiger partial charge in [-0.25, -0.2) is 5.43 Å². The average Bonchev–Trinajstić information content (AvgIpc) is 2.46. The molecule has 1 N–H and O–H groups in total. The first kappa shape index (κ1) is 14.6. The first-order chi connectivity index (χ1) is 9.67. The van der Waals surface area contributed by atoms with Crippen molar-refractivity contribution in [3.8, 4) is 5.75 Å². The molecule has 0 unspecified atom stereocenters. The van der Waals surface area contributed by atoms with Gasteiger partial charge in [0.1, 0.15) is 5.75 Å². The highest BCUT2D eigenvalue weighted by atomic mass is 16.5. The van der Waals surface area contributed by atoms with Crippen LogP contribution in [0.25, 0.3) is 0 Å². The molecule has 4 heteroatoms. The van der Waals surface area contributed by atoms with Gasteiger partial charge in [0.05, 0.1) is 13.5 Å². The Bertz CT molecular complexity index is 480. The van der Waals surface area contributed by atoms with Crippen molar-refractivity contribution in [3.05, 3.63) is 29.8 Å². The van der Waals surface area contributed by atoms with E-state index in [1.165, 1.54) is 12.8 Å². The zero-order valence-corrected chi connectivity index (χ0v) is 12.2. The molecule has 0 bridgehead atoms. The van der Waals surface area contributed by atoms with Gasteiger partial charge in [-0.15, -0.1) is 0 Å². The van der Waals surface area contributed by atoms with Crippen LogP contribution in [0.1, 0.15) is 38.2 Å². The average molecular weight is 274 g/mol. The van der Waals surface area contributed by atoms with E-state index in [0.29, 0.717) is 12.3 Å². The summed E-state index contributed by atoms with van der Waals surface area (Å²) in [4.78, 5) is 11.8. The van der Waals surface area contributed by atoms with Gasteiger partial charge in [-0.2, -0.15) is 5.10 Å². The van der Waals surface area contributed by atoms with Crippen molar-refractivity contribution in [1.82, 2.24) is 5.43 Å². The van der Waals surface area contributed by atoms with Crippen LogP contribution in [-0.4, -0.2) is 18.7 Å². The molecule has 20 heavy (non-hydrogen) atoms. The van der Waals surface area contributed by atoms with Gasteiger partial charge < -0.3 is 4.74 Å². The lowest BCUT2D eigenvalue weighted by Crippen LogP contribution is -2.23. The molecule has 0 aromatic heterocycles. The Kier molecular flexibility index (Phi) is 5.16. The molecule has 0 aliphatic heterocycles. The van der Waals surface area contributed by atoms with E-state index in [1.807, 2.05) is 24.3 Å². The molecule has 0 saturated heterocycles. The van der Waals surface area contributed by atoms with Crippen LogP contribution in [0.5, 0.6) is 5.75 Å². The van der Waals surface area contributed by atoms with Crippen molar-refractivity contribution in [2.75, 3.05) is 7.11 Å². The lowest BCUT2D eigenvalue weighted by molar-refractivity contribution is -0.120. The van der Waals surface area contributed by atoms with Gasteiger partial charge in [-0.3, -0.25) is 4.79 Å². The number of carbonyl (C=O) groups excluding carboxylic acids is 1. The number of carbonyl (C=O) groups is 1. The van der Waals surface area contributed by atoms with E-state index in [0.717, 1.165) is 29.9 Å². The quantitative estimate of drug-likeness (QED) is 0.858. The monoisotopic (exact) mass is 274 g/mol. The Hall–Kier alpha value is -1.84. The smallest absolute Gasteiger partial charge is 0.244 e. The van der Waals surface area contributed by atoms with E-state index in [2.05, 4.69) is 17.5 Å². The van der Waals surface area contributed by atoms with Crippen LogP contribution in [0.15, 0.2) is 29.4 Å². The fraction of sp³-hybridized carbons (Fsp3) is 0.500. The number of nitrogens with zero attached hydrogens (tertiary/aromatic N) is 1. The lowest BCUT2D eigenvalue weighted by Gasteiger charge is -2.18. The number of methoxy groups -OCH3 is 1. The topological polar surface area (TPSA) is 50.7 Å². The molecule has 0 spiro atoms. The largest absolute Gasteiger partial charge is 0.497 e. The second-order valence-corrected chi connectivity index (χ2v) is 5.44. The predicted octanol–water partition coefficient (Wildman–Crippen LogP) is 2.92. The van der Waals surface area contributed by atoms with Crippen LogP contribution >= 0.6 is 0 Å². The van der Waals surface area contributed by atoms with Crippen molar-refractivity contribution in [2.24, 2.45) is 11.0 Å². The summed E-state index contributed by atoms with van der Waals surface area (Å²) in [5.74, 6) is 1.41. The molecule has 4 nitrogen and oxygen atoms in total. The highest BCUT2D eigenvalue weighted by Gasteiger charge is 2.14. The molecule has 1 aromatic rings.